The van der Waals surface area contributed by atoms with Crippen LogP contribution in [-0.4, -0.2) is 60.4 Å². The molecule has 2 amide bonds. The number of hydrogen-bond acceptors (Lipinski definition) is 5. The van der Waals surface area contributed by atoms with Crippen LogP contribution in [0.1, 0.15) is 79.6 Å². The summed E-state index contributed by atoms with van der Waals surface area (Å²) in [5, 5.41) is 10.6. The van der Waals surface area contributed by atoms with Crippen LogP contribution in [0.3, 0.4) is 0 Å². The monoisotopic (exact) mass is 404 g/mol. The predicted octanol–water partition coefficient (Wildman–Crippen LogP) is 2.95. The molecule has 0 saturated carbocycles. The summed E-state index contributed by atoms with van der Waals surface area (Å²) in [7, 11) is 0. The first-order valence-corrected chi connectivity index (χ1v) is 10.7. The molecule has 7 nitrogen and oxygen atoms in total. The largest absolute Gasteiger partial charge is 0.391 e. The molecule has 0 aliphatic carbocycles. The van der Waals surface area contributed by atoms with E-state index in [0.29, 0.717) is 18.7 Å². The average molecular weight is 405 g/mol. The molecule has 4 unspecified atom stereocenters. The van der Waals surface area contributed by atoms with Crippen LogP contribution >= 0.6 is 0 Å². The number of aromatic nitrogens is 2. The molecule has 1 aromatic rings. The third-order valence-corrected chi connectivity index (χ3v) is 5.99. The summed E-state index contributed by atoms with van der Waals surface area (Å²) < 4.78 is 0. The predicted molar refractivity (Wildman–Crippen MR) is 112 cm³/mol. The van der Waals surface area contributed by atoms with Gasteiger partial charge in [0, 0.05) is 30.4 Å². The van der Waals surface area contributed by atoms with Crippen molar-refractivity contribution in [2.45, 2.75) is 97.5 Å². The van der Waals surface area contributed by atoms with Crippen molar-refractivity contribution in [3.05, 3.63) is 24.3 Å². The second kappa shape index (κ2) is 9.20. The number of carbonyl (C=O) groups is 2. The number of aliphatic hydroxyl groups is 1. The van der Waals surface area contributed by atoms with Crippen molar-refractivity contribution in [1.82, 2.24) is 19.8 Å². The summed E-state index contributed by atoms with van der Waals surface area (Å²) in [6.07, 6.45) is 4.30. The fourth-order valence-electron chi connectivity index (χ4n) is 4.49. The lowest BCUT2D eigenvalue weighted by Gasteiger charge is -2.46. The van der Waals surface area contributed by atoms with E-state index in [4.69, 9.17) is 0 Å². The van der Waals surface area contributed by atoms with Crippen molar-refractivity contribution in [1.29, 1.82) is 0 Å². The minimum absolute atomic E-state index is 0.000729. The summed E-state index contributed by atoms with van der Waals surface area (Å²) in [5.41, 5.74) is -0.910. The molecule has 4 atom stereocenters. The van der Waals surface area contributed by atoms with Crippen LogP contribution in [0.25, 0.3) is 0 Å². The van der Waals surface area contributed by atoms with Gasteiger partial charge in [-0.2, -0.15) is 0 Å². The van der Waals surface area contributed by atoms with E-state index < -0.39 is 17.7 Å². The van der Waals surface area contributed by atoms with Crippen LogP contribution < -0.4 is 0 Å². The van der Waals surface area contributed by atoms with E-state index in [1.807, 2.05) is 41.5 Å². The van der Waals surface area contributed by atoms with Crippen molar-refractivity contribution < 1.29 is 14.7 Å². The highest BCUT2D eigenvalue weighted by Gasteiger charge is 2.54. The molecule has 1 saturated heterocycles. The van der Waals surface area contributed by atoms with Crippen molar-refractivity contribution in [3.8, 4) is 0 Å². The molecule has 7 heteroatoms. The zero-order chi connectivity index (χ0) is 21.9. The average Bonchev–Trinajstić information content (AvgIpc) is 3.02. The third kappa shape index (κ3) is 4.29. The van der Waals surface area contributed by atoms with Gasteiger partial charge in [-0.25, -0.2) is 9.97 Å². The van der Waals surface area contributed by atoms with E-state index in [9.17, 15) is 14.7 Å². The maximum absolute atomic E-state index is 14.1. The van der Waals surface area contributed by atoms with Crippen LogP contribution in [-0.2, 0) is 9.59 Å². The number of amides is 2. The number of likely N-dealkylation sites (tertiary alicyclic amines) is 1. The number of carbonyl (C=O) groups excluding carboxylic acids is 2. The fourth-order valence-corrected chi connectivity index (χ4v) is 4.49. The molecule has 1 aliphatic heterocycles. The van der Waals surface area contributed by atoms with E-state index in [2.05, 4.69) is 9.97 Å². The van der Waals surface area contributed by atoms with Gasteiger partial charge in [0.1, 0.15) is 11.6 Å². The third-order valence-electron chi connectivity index (χ3n) is 5.99. The van der Waals surface area contributed by atoms with Gasteiger partial charge in [-0.3, -0.25) is 9.59 Å². The maximum Gasteiger partial charge on any atom is 0.249 e. The zero-order valence-corrected chi connectivity index (χ0v) is 18.8. The molecular weight excluding hydrogens is 368 g/mol. The van der Waals surface area contributed by atoms with Crippen molar-refractivity contribution in [3.63, 3.8) is 0 Å². The highest BCUT2D eigenvalue weighted by atomic mass is 16.3. The lowest BCUT2D eigenvalue weighted by molar-refractivity contribution is -0.160. The quantitative estimate of drug-likeness (QED) is 0.755. The van der Waals surface area contributed by atoms with Crippen molar-refractivity contribution >= 4 is 11.8 Å². The lowest BCUT2D eigenvalue weighted by Crippen LogP contribution is -2.62. The number of hydrogen-bond donors (Lipinski definition) is 1. The lowest BCUT2D eigenvalue weighted by atomic mass is 9.88. The van der Waals surface area contributed by atoms with E-state index >= 15 is 0 Å². The fraction of sp³-hybridized carbons (Fsp3) is 0.727. The molecule has 29 heavy (non-hydrogen) atoms. The molecule has 1 aliphatic rings. The van der Waals surface area contributed by atoms with Crippen LogP contribution in [0.5, 0.6) is 0 Å². The normalized spacial score (nSPS) is 24.1. The Morgan fingerprint density at radius 2 is 1.83 bits per heavy atom. The molecule has 0 radical (unpaired) electrons. The number of rotatable bonds is 7. The molecule has 1 N–H and O–H groups in total. The first-order valence-electron chi connectivity index (χ1n) is 10.7. The second-order valence-corrected chi connectivity index (χ2v) is 8.73. The van der Waals surface area contributed by atoms with Crippen LogP contribution in [0.4, 0.5) is 0 Å². The number of nitrogens with zero attached hydrogens (tertiary/aromatic N) is 4. The van der Waals surface area contributed by atoms with E-state index in [1.54, 1.807) is 35.2 Å². The first kappa shape index (κ1) is 23.3. The molecule has 0 aromatic carbocycles. The Kier molecular flexibility index (Phi) is 7.38. The zero-order valence-electron chi connectivity index (χ0n) is 18.8. The highest BCUT2D eigenvalue weighted by Crippen LogP contribution is 2.41. The summed E-state index contributed by atoms with van der Waals surface area (Å²) in [6.45, 7) is 13.2. The molecular formula is C22H36N4O3. The second-order valence-electron chi connectivity index (χ2n) is 8.73. The van der Waals surface area contributed by atoms with Gasteiger partial charge in [-0.05, 0) is 53.0 Å². The van der Waals surface area contributed by atoms with Crippen molar-refractivity contribution in [2.75, 3.05) is 0 Å². The van der Waals surface area contributed by atoms with Gasteiger partial charge in [0.15, 0.2) is 5.82 Å². The van der Waals surface area contributed by atoms with Gasteiger partial charge < -0.3 is 14.9 Å². The van der Waals surface area contributed by atoms with Gasteiger partial charge in [0.05, 0.1) is 6.10 Å². The first-order chi connectivity index (χ1) is 13.6. The summed E-state index contributed by atoms with van der Waals surface area (Å²) >= 11 is 0. The Bertz CT molecular complexity index is 707. The molecule has 2 heterocycles. The minimum Gasteiger partial charge on any atom is -0.391 e. The maximum atomic E-state index is 14.1. The molecule has 2 rings (SSSR count). The van der Waals surface area contributed by atoms with Crippen LogP contribution in [0.2, 0.25) is 0 Å². The molecule has 0 bridgehead atoms. The van der Waals surface area contributed by atoms with Gasteiger partial charge in [0.25, 0.3) is 0 Å². The summed E-state index contributed by atoms with van der Waals surface area (Å²) in [5.74, 6) is 0.0838. The van der Waals surface area contributed by atoms with Gasteiger partial charge in [0.2, 0.25) is 11.8 Å². The van der Waals surface area contributed by atoms with E-state index in [-0.39, 0.29) is 29.8 Å². The van der Waals surface area contributed by atoms with E-state index in [1.165, 1.54) is 0 Å². The Morgan fingerprint density at radius 3 is 2.28 bits per heavy atom. The highest BCUT2D eigenvalue weighted by molar-refractivity contribution is 5.93. The Morgan fingerprint density at radius 1 is 1.24 bits per heavy atom. The van der Waals surface area contributed by atoms with E-state index in [0.717, 1.165) is 6.42 Å². The smallest absolute Gasteiger partial charge is 0.249 e. The SMILES string of the molecule is CCC1(C(=O)N(C(C)C)C(c2ncccn2)C(C)O)CCC(C)N1C(=O)C(C)C. The summed E-state index contributed by atoms with van der Waals surface area (Å²) in [6, 6.07) is 0.834. The topological polar surface area (TPSA) is 86.6 Å². The van der Waals surface area contributed by atoms with Crippen molar-refractivity contribution in [2.24, 2.45) is 5.92 Å². The molecule has 162 valence electrons. The minimum atomic E-state index is -0.910. The number of aliphatic hydroxyl groups excluding tert-OH is 1. The summed E-state index contributed by atoms with van der Waals surface area (Å²) in [4.78, 5) is 39.3. The Hall–Kier alpha value is -2.02. The van der Waals surface area contributed by atoms with Crippen LogP contribution in [0.15, 0.2) is 18.5 Å². The molecule has 1 aromatic heterocycles. The standard InChI is InChI=1S/C22H36N4O3/c1-8-22(11-10-16(6)26(22)20(28)14(2)3)21(29)25(15(4)5)18(17(7)27)19-23-12-9-13-24-19/h9,12-18,27H,8,10-11H2,1-7H3. The van der Waals surface area contributed by atoms with Gasteiger partial charge in [-0.1, -0.05) is 20.8 Å². The Balaban J connectivity index is 2.56. The van der Waals surface area contributed by atoms with Gasteiger partial charge in [-0.15, -0.1) is 0 Å². The van der Waals surface area contributed by atoms with Gasteiger partial charge >= 0.3 is 0 Å². The van der Waals surface area contributed by atoms with Crippen LogP contribution in [0, 0.1) is 5.92 Å². The Labute approximate surface area is 174 Å². The molecule has 1 fully saturated rings. The molecule has 0 spiro atoms.